The Labute approximate surface area is 97.4 Å². The zero-order valence-electron chi connectivity index (χ0n) is 7.79. The molecule has 0 saturated heterocycles. The third kappa shape index (κ3) is 3.02. The van der Waals surface area contributed by atoms with Gasteiger partial charge in [-0.25, -0.2) is 4.98 Å². The van der Waals surface area contributed by atoms with E-state index < -0.39 is 11.9 Å². The van der Waals surface area contributed by atoms with Gasteiger partial charge in [0.1, 0.15) is 11.7 Å². The van der Waals surface area contributed by atoms with Gasteiger partial charge in [0.05, 0.1) is 6.61 Å². The molecule has 0 bridgehead atoms. The third-order valence-corrected chi connectivity index (χ3v) is 1.20. The van der Waals surface area contributed by atoms with Crippen LogP contribution in [-0.2, 0) is 0 Å². The minimum atomic E-state index is -1.44. The van der Waals surface area contributed by atoms with Crippen molar-refractivity contribution in [2.24, 2.45) is 0 Å². The van der Waals surface area contributed by atoms with Crippen molar-refractivity contribution in [2.75, 3.05) is 6.61 Å². The second kappa shape index (κ2) is 5.26. The Hall–Kier alpha value is -0.520. The van der Waals surface area contributed by atoms with E-state index in [1.165, 1.54) is 0 Å². The molecule has 0 radical (unpaired) electrons. The molecule has 1 rings (SSSR count). The summed E-state index contributed by atoms with van der Waals surface area (Å²) in [5, 5.41) is 10.2. The number of carboxylic acids is 1. The molecule has 0 aliphatic rings. The summed E-state index contributed by atoms with van der Waals surface area (Å²) in [5.41, 5.74) is 0.413. The number of carbonyl (C=O) groups is 1. The molecule has 0 spiro atoms. The fourth-order valence-electron chi connectivity index (χ4n) is 0.735. The van der Waals surface area contributed by atoms with Gasteiger partial charge >= 0.3 is 35.5 Å². The van der Waals surface area contributed by atoms with Crippen LogP contribution in [0.4, 0.5) is 0 Å². The molecule has 0 unspecified atom stereocenters. The normalized spacial score (nSPS) is 9.08. The van der Waals surface area contributed by atoms with Crippen molar-refractivity contribution in [1.82, 2.24) is 4.98 Å². The van der Waals surface area contributed by atoms with Crippen LogP contribution in [0.2, 0.25) is 0 Å². The first-order chi connectivity index (χ1) is 5.65. The van der Waals surface area contributed by atoms with Gasteiger partial charge in [0.15, 0.2) is 0 Å². The molecular formula is C7H8NNaO4. The fourth-order valence-corrected chi connectivity index (χ4v) is 0.735. The van der Waals surface area contributed by atoms with Crippen LogP contribution in [0.25, 0.3) is 0 Å². The van der Waals surface area contributed by atoms with E-state index in [1.54, 1.807) is 13.8 Å². The first kappa shape index (κ1) is 12.5. The Morgan fingerprint density at radius 1 is 1.69 bits per heavy atom. The summed E-state index contributed by atoms with van der Waals surface area (Å²) in [6.45, 7) is 3.77. The Morgan fingerprint density at radius 3 is 2.69 bits per heavy atom. The first-order valence-corrected chi connectivity index (χ1v) is 3.46. The molecule has 1 heterocycles. The van der Waals surface area contributed by atoms with Gasteiger partial charge in [-0.15, -0.1) is 0 Å². The van der Waals surface area contributed by atoms with Crippen molar-refractivity contribution in [3.63, 3.8) is 0 Å². The van der Waals surface area contributed by atoms with Gasteiger partial charge in [0.2, 0.25) is 5.89 Å². The molecular weight excluding hydrogens is 185 g/mol. The molecule has 0 N–H and O–H groups in total. The number of hydrogen-bond donors (Lipinski definition) is 0. The van der Waals surface area contributed by atoms with E-state index in [9.17, 15) is 9.90 Å². The van der Waals surface area contributed by atoms with Crippen molar-refractivity contribution < 1.29 is 48.6 Å². The molecule has 1 aromatic heterocycles. The largest absolute Gasteiger partial charge is 1.00 e. The Bertz CT molecular complexity index is 297. The fraction of sp³-hybridized carbons (Fsp3) is 0.429. The molecule has 0 aliphatic carbocycles. The summed E-state index contributed by atoms with van der Waals surface area (Å²) < 4.78 is 9.67. The molecule has 1 aromatic rings. The number of oxazole rings is 1. The average molecular weight is 193 g/mol. The van der Waals surface area contributed by atoms with E-state index in [4.69, 9.17) is 9.15 Å². The summed E-state index contributed by atoms with van der Waals surface area (Å²) in [4.78, 5) is 13.8. The van der Waals surface area contributed by atoms with Gasteiger partial charge in [0.25, 0.3) is 0 Å². The second-order valence-corrected chi connectivity index (χ2v) is 2.11. The van der Waals surface area contributed by atoms with Crippen LogP contribution < -0.4 is 39.4 Å². The van der Waals surface area contributed by atoms with Crippen molar-refractivity contribution in [2.45, 2.75) is 13.8 Å². The smallest absolute Gasteiger partial charge is 0.540 e. The van der Waals surface area contributed by atoms with Crippen molar-refractivity contribution in [3.8, 4) is 5.95 Å². The van der Waals surface area contributed by atoms with Crippen LogP contribution in [-0.4, -0.2) is 17.6 Å². The molecule has 0 aliphatic heterocycles. The van der Waals surface area contributed by atoms with Crippen molar-refractivity contribution in [1.29, 1.82) is 0 Å². The molecule has 5 nitrogen and oxygen atoms in total. The van der Waals surface area contributed by atoms with Crippen LogP contribution in [0.3, 0.4) is 0 Å². The molecule has 0 fully saturated rings. The van der Waals surface area contributed by atoms with Gasteiger partial charge in [0, 0.05) is 0 Å². The zero-order chi connectivity index (χ0) is 9.14. The second-order valence-electron chi connectivity index (χ2n) is 2.11. The number of rotatable bonds is 3. The summed E-state index contributed by atoms with van der Waals surface area (Å²) >= 11 is 0. The van der Waals surface area contributed by atoms with E-state index >= 15 is 0 Å². The van der Waals surface area contributed by atoms with Crippen LogP contribution in [0.5, 0.6) is 5.95 Å². The van der Waals surface area contributed by atoms with E-state index in [1.807, 2.05) is 0 Å². The number of carbonyl (C=O) groups excluding carboxylic acids is 1. The maximum absolute atomic E-state index is 10.2. The summed E-state index contributed by atoms with van der Waals surface area (Å²) in [5.74, 6) is -1.75. The maximum Gasteiger partial charge on any atom is 1.00 e. The molecule has 0 atom stereocenters. The number of aromatic carboxylic acids is 1. The third-order valence-electron chi connectivity index (χ3n) is 1.20. The Kier molecular flexibility index (Phi) is 5.05. The number of ether oxygens (including phenoxy) is 1. The quantitative estimate of drug-likeness (QED) is 0.471. The van der Waals surface area contributed by atoms with Crippen molar-refractivity contribution >= 4 is 5.97 Å². The van der Waals surface area contributed by atoms with E-state index in [-0.39, 0.29) is 35.5 Å². The number of aromatic nitrogens is 1. The van der Waals surface area contributed by atoms with Gasteiger partial charge < -0.3 is 19.1 Å². The SMILES string of the molecule is CCOc1oc(C(=O)[O-])nc1C.[Na+]. The zero-order valence-corrected chi connectivity index (χ0v) is 9.79. The Balaban J connectivity index is 0.00000144. The average Bonchev–Trinajstić information content (AvgIpc) is 2.34. The van der Waals surface area contributed by atoms with Gasteiger partial charge in [-0.3, -0.25) is 0 Å². The number of carboxylic acid groups (broad SMARTS) is 1. The standard InChI is InChI=1S/C7H9NO4.Na/c1-3-11-7-4(2)8-5(12-7)6(9)10;/h3H2,1-2H3,(H,9,10);/q;+1/p-1. The first-order valence-electron chi connectivity index (χ1n) is 3.46. The monoisotopic (exact) mass is 193 g/mol. The summed E-state index contributed by atoms with van der Waals surface area (Å²) in [6.07, 6.45) is 0. The topological polar surface area (TPSA) is 75.4 Å². The molecule has 0 amide bonds. The molecule has 6 heteroatoms. The van der Waals surface area contributed by atoms with Gasteiger partial charge in [-0.2, -0.15) is 0 Å². The van der Waals surface area contributed by atoms with E-state index in [0.717, 1.165) is 0 Å². The number of hydrogen-bond acceptors (Lipinski definition) is 5. The Morgan fingerprint density at radius 2 is 2.31 bits per heavy atom. The molecule has 0 saturated carbocycles. The van der Waals surface area contributed by atoms with Crippen LogP contribution in [0.15, 0.2) is 4.42 Å². The number of aryl methyl sites for hydroxylation is 1. The molecule has 66 valence electrons. The summed E-state index contributed by atoms with van der Waals surface area (Å²) in [6, 6.07) is 0. The summed E-state index contributed by atoms with van der Waals surface area (Å²) in [7, 11) is 0. The molecule has 0 aromatic carbocycles. The van der Waals surface area contributed by atoms with Crippen molar-refractivity contribution in [3.05, 3.63) is 11.6 Å². The van der Waals surface area contributed by atoms with E-state index in [2.05, 4.69) is 4.98 Å². The van der Waals surface area contributed by atoms with Gasteiger partial charge in [-0.1, -0.05) is 0 Å². The molecule has 13 heavy (non-hydrogen) atoms. The van der Waals surface area contributed by atoms with Gasteiger partial charge in [-0.05, 0) is 13.8 Å². The predicted molar refractivity (Wildman–Crippen MR) is 36.7 cm³/mol. The minimum absolute atomic E-state index is 0. The predicted octanol–water partition coefficient (Wildman–Crippen LogP) is -3.25. The van der Waals surface area contributed by atoms with Crippen LogP contribution in [0.1, 0.15) is 23.3 Å². The minimum Gasteiger partial charge on any atom is -0.540 e. The van der Waals surface area contributed by atoms with Crippen LogP contribution in [0, 0.1) is 6.92 Å². The van der Waals surface area contributed by atoms with E-state index in [0.29, 0.717) is 12.3 Å². The van der Waals surface area contributed by atoms with Crippen LogP contribution >= 0.6 is 0 Å². The maximum atomic E-state index is 10.2. The number of nitrogens with zero attached hydrogens (tertiary/aromatic N) is 1.